The summed E-state index contributed by atoms with van der Waals surface area (Å²) in [6.45, 7) is 0.188. The third-order valence-corrected chi connectivity index (χ3v) is 4.38. The molecule has 3 aromatic rings. The molecule has 0 atom stereocenters. The summed E-state index contributed by atoms with van der Waals surface area (Å²) in [4.78, 5) is 14.9. The zero-order valence-electron chi connectivity index (χ0n) is 14.6. The van der Waals surface area contributed by atoms with Gasteiger partial charge in [-0.1, -0.05) is 23.2 Å². The van der Waals surface area contributed by atoms with Crippen molar-refractivity contribution in [1.82, 2.24) is 14.8 Å². The number of aromatic nitrogens is 3. The van der Waals surface area contributed by atoms with Crippen molar-refractivity contribution in [3.63, 3.8) is 0 Å². The van der Waals surface area contributed by atoms with Gasteiger partial charge in [0.1, 0.15) is 0 Å². The molecule has 28 heavy (non-hydrogen) atoms. The first-order chi connectivity index (χ1) is 13.5. The predicted octanol–water partition coefficient (Wildman–Crippen LogP) is 3.41. The van der Waals surface area contributed by atoms with Gasteiger partial charge in [-0.05, 0) is 42.5 Å². The van der Waals surface area contributed by atoms with Gasteiger partial charge in [0.15, 0.2) is 22.2 Å². The van der Waals surface area contributed by atoms with Crippen molar-refractivity contribution in [2.24, 2.45) is 0 Å². The molecule has 1 N–H and O–H groups in total. The highest BCUT2D eigenvalue weighted by atomic mass is 35.5. The van der Waals surface area contributed by atoms with E-state index in [0.717, 1.165) is 11.3 Å². The molecular formula is C18H14Cl2N4O4. The molecule has 0 saturated carbocycles. The van der Waals surface area contributed by atoms with Crippen LogP contribution in [0.4, 0.5) is 5.69 Å². The molecule has 4 rings (SSSR count). The Kier molecular flexibility index (Phi) is 4.97. The van der Waals surface area contributed by atoms with Gasteiger partial charge in [-0.3, -0.25) is 4.79 Å². The van der Waals surface area contributed by atoms with Crippen molar-refractivity contribution < 1.29 is 19.0 Å². The Bertz CT molecular complexity index is 1020. The van der Waals surface area contributed by atoms with Gasteiger partial charge >= 0.3 is 6.01 Å². The molecule has 1 amide bonds. The topological polar surface area (TPSA) is 87.5 Å². The minimum Gasteiger partial charge on any atom is -0.466 e. The second kappa shape index (κ2) is 7.57. The van der Waals surface area contributed by atoms with E-state index in [0.29, 0.717) is 23.0 Å². The maximum Gasteiger partial charge on any atom is 0.336 e. The molecule has 0 unspecified atom stereocenters. The quantitative estimate of drug-likeness (QED) is 0.636. The summed E-state index contributed by atoms with van der Waals surface area (Å²) in [6, 6.07) is 12.7. The van der Waals surface area contributed by atoms with Crippen LogP contribution in [0.3, 0.4) is 0 Å². The van der Waals surface area contributed by atoms with E-state index in [1.54, 1.807) is 28.9 Å². The van der Waals surface area contributed by atoms with Crippen LogP contribution in [0.15, 0.2) is 42.5 Å². The molecule has 144 valence electrons. The van der Waals surface area contributed by atoms with E-state index in [1.807, 2.05) is 18.2 Å². The zero-order valence-corrected chi connectivity index (χ0v) is 16.1. The first-order valence-corrected chi connectivity index (χ1v) is 9.03. The number of hydrogen-bond donors (Lipinski definition) is 1. The van der Waals surface area contributed by atoms with Gasteiger partial charge in [-0.25, -0.2) is 4.68 Å². The molecule has 2 heterocycles. The first kappa shape index (κ1) is 18.4. The summed E-state index contributed by atoms with van der Waals surface area (Å²) in [7, 11) is 1.50. The third-order valence-electron chi connectivity index (χ3n) is 3.98. The molecule has 10 heteroatoms. The number of carbonyl (C=O) groups excluding carboxylic acids is 1. The molecule has 0 radical (unpaired) electrons. The maximum absolute atomic E-state index is 11.6. The lowest BCUT2D eigenvalue weighted by molar-refractivity contribution is -0.114. The van der Waals surface area contributed by atoms with E-state index >= 15 is 0 Å². The first-order valence-electron chi connectivity index (χ1n) is 8.15. The number of alkyl halides is 2. The van der Waals surface area contributed by atoms with Crippen LogP contribution < -0.4 is 19.5 Å². The van der Waals surface area contributed by atoms with Crippen LogP contribution in [0.1, 0.15) is 0 Å². The highest BCUT2D eigenvalue weighted by Gasteiger charge is 2.19. The van der Waals surface area contributed by atoms with Crippen molar-refractivity contribution in [3.05, 3.63) is 42.5 Å². The van der Waals surface area contributed by atoms with E-state index in [2.05, 4.69) is 15.4 Å². The Hall–Kier alpha value is -2.97. The van der Waals surface area contributed by atoms with Crippen molar-refractivity contribution in [2.75, 3.05) is 19.2 Å². The number of ether oxygens (including phenoxy) is 3. The molecule has 1 aliphatic heterocycles. The van der Waals surface area contributed by atoms with Gasteiger partial charge in [0.05, 0.1) is 12.8 Å². The SMILES string of the molecule is COc1nc(-c2ccc3c(c2)OCO3)n(-c2ccc(NC(=O)C(Cl)Cl)cc2)n1. The van der Waals surface area contributed by atoms with E-state index in [-0.39, 0.29) is 12.8 Å². The van der Waals surface area contributed by atoms with Crippen molar-refractivity contribution in [2.45, 2.75) is 4.84 Å². The Morgan fingerprint density at radius 1 is 1.18 bits per heavy atom. The molecule has 0 aliphatic carbocycles. The fourth-order valence-corrected chi connectivity index (χ4v) is 2.77. The number of amides is 1. The number of nitrogens with one attached hydrogen (secondary N) is 1. The van der Waals surface area contributed by atoms with E-state index in [4.69, 9.17) is 37.4 Å². The molecule has 8 nitrogen and oxygen atoms in total. The van der Waals surface area contributed by atoms with Gasteiger partial charge in [0.25, 0.3) is 5.91 Å². The number of fused-ring (bicyclic) bond motifs is 1. The van der Waals surface area contributed by atoms with Gasteiger partial charge in [0, 0.05) is 11.3 Å². The highest BCUT2D eigenvalue weighted by Crippen LogP contribution is 2.36. The molecule has 0 fully saturated rings. The fourth-order valence-electron chi connectivity index (χ4n) is 2.66. The molecule has 0 saturated heterocycles. The summed E-state index contributed by atoms with van der Waals surface area (Å²) in [5.41, 5.74) is 2.05. The highest BCUT2D eigenvalue weighted by molar-refractivity contribution is 6.54. The molecule has 1 aromatic heterocycles. The standard InChI is InChI=1S/C18H14Cl2N4O4/c1-26-18-22-16(10-2-7-13-14(8-10)28-9-27-13)24(23-18)12-5-3-11(4-6-12)21-17(25)15(19)20/h2-8,15H,9H2,1H3,(H,21,25). The summed E-state index contributed by atoms with van der Waals surface area (Å²) in [5.74, 6) is 1.38. The lowest BCUT2D eigenvalue weighted by Gasteiger charge is -2.09. The fraction of sp³-hybridized carbons (Fsp3) is 0.167. The lowest BCUT2D eigenvalue weighted by atomic mass is 10.2. The van der Waals surface area contributed by atoms with E-state index in [9.17, 15) is 4.79 Å². The van der Waals surface area contributed by atoms with Crippen molar-refractivity contribution in [3.8, 4) is 34.6 Å². The average Bonchev–Trinajstić information content (AvgIpc) is 3.34. The summed E-state index contributed by atoms with van der Waals surface area (Å²) in [5, 5.41) is 6.98. The molecule has 2 aromatic carbocycles. The smallest absolute Gasteiger partial charge is 0.336 e. The Morgan fingerprint density at radius 2 is 1.93 bits per heavy atom. The number of benzene rings is 2. The van der Waals surface area contributed by atoms with Gasteiger partial charge < -0.3 is 19.5 Å². The maximum atomic E-state index is 11.6. The third kappa shape index (κ3) is 3.56. The molecule has 0 spiro atoms. The van der Waals surface area contributed by atoms with Crippen LogP contribution in [0.5, 0.6) is 17.5 Å². The molecular weight excluding hydrogens is 407 g/mol. The van der Waals surface area contributed by atoms with Gasteiger partial charge in [-0.15, -0.1) is 5.10 Å². The van der Waals surface area contributed by atoms with Crippen molar-refractivity contribution in [1.29, 1.82) is 0 Å². The van der Waals surface area contributed by atoms with Crippen LogP contribution in [0.2, 0.25) is 0 Å². The zero-order chi connectivity index (χ0) is 19.7. The summed E-state index contributed by atoms with van der Waals surface area (Å²) in [6.07, 6.45) is 0. The Labute approximate surface area is 169 Å². The van der Waals surface area contributed by atoms with Crippen LogP contribution in [-0.2, 0) is 4.79 Å². The van der Waals surface area contributed by atoms with Gasteiger partial charge in [0.2, 0.25) is 6.79 Å². The number of nitrogens with zero attached hydrogens (tertiary/aromatic N) is 3. The number of halogens is 2. The minimum atomic E-state index is -1.14. The average molecular weight is 421 g/mol. The Morgan fingerprint density at radius 3 is 2.64 bits per heavy atom. The van der Waals surface area contributed by atoms with Crippen LogP contribution in [0, 0.1) is 0 Å². The second-order valence-corrected chi connectivity index (χ2v) is 6.84. The Balaban J connectivity index is 1.68. The van der Waals surface area contributed by atoms with Crippen LogP contribution in [0.25, 0.3) is 17.1 Å². The van der Waals surface area contributed by atoms with Crippen molar-refractivity contribution >= 4 is 34.8 Å². The van der Waals surface area contributed by atoms with E-state index < -0.39 is 10.7 Å². The monoisotopic (exact) mass is 420 g/mol. The van der Waals surface area contributed by atoms with Crippen LogP contribution in [-0.4, -0.2) is 39.4 Å². The second-order valence-electron chi connectivity index (χ2n) is 5.74. The number of rotatable bonds is 5. The van der Waals surface area contributed by atoms with Crippen LogP contribution >= 0.6 is 23.2 Å². The number of anilines is 1. The van der Waals surface area contributed by atoms with Gasteiger partial charge in [-0.2, -0.15) is 4.98 Å². The number of methoxy groups -OCH3 is 1. The number of hydrogen-bond acceptors (Lipinski definition) is 6. The number of carbonyl (C=O) groups is 1. The molecule has 1 aliphatic rings. The molecule has 0 bridgehead atoms. The van der Waals surface area contributed by atoms with E-state index in [1.165, 1.54) is 7.11 Å². The predicted molar refractivity (Wildman–Crippen MR) is 104 cm³/mol. The normalized spacial score (nSPS) is 12.3. The lowest BCUT2D eigenvalue weighted by Crippen LogP contribution is -2.18. The summed E-state index contributed by atoms with van der Waals surface area (Å²) >= 11 is 11.1. The minimum absolute atomic E-state index is 0.188. The summed E-state index contributed by atoms with van der Waals surface area (Å²) < 4.78 is 17.6. The largest absolute Gasteiger partial charge is 0.466 e.